The summed E-state index contributed by atoms with van der Waals surface area (Å²) in [5, 5.41) is 32.8. The Morgan fingerprint density at radius 2 is 1.90 bits per heavy atom. The van der Waals surface area contributed by atoms with Crippen LogP contribution in [0.4, 0.5) is 17.5 Å². The highest BCUT2D eigenvalue weighted by molar-refractivity contribution is 6.42. The predicted molar refractivity (Wildman–Crippen MR) is 104 cm³/mol. The van der Waals surface area contributed by atoms with Gasteiger partial charge in [-0.25, -0.2) is 9.67 Å². The average Bonchev–Trinajstić information content (AvgIpc) is 3.22. The molecule has 0 saturated carbocycles. The SMILES string of the molecule is Cc1c([N+](=O)[O-])c([N+](=O)[O-])nn1CC(=O)Nc1ncn(Cc2ccc(Cl)c(Cl)c2)n1. The van der Waals surface area contributed by atoms with Gasteiger partial charge in [-0.3, -0.25) is 20.2 Å². The number of hydrogen-bond donors (Lipinski definition) is 1. The molecular weight excluding hydrogens is 443 g/mol. The largest absolute Gasteiger partial charge is 0.468 e. The lowest BCUT2D eigenvalue weighted by molar-refractivity contribution is -0.424. The molecule has 0 radical (unpaired) electrons. The monoisotopic (exact) mass is 454 g/mol. The maximum Gasteiger partial charge on any atom is 0.468 e. The van der Waals surface area contributed by atoms with Crippen molar-refractivity contribution in [2.75, 3.05) is 5.32 Å². The fourth-order valence-electron chi connectivity index (χ4n) is 2.56. The Bertz CT molecular complexity index is 1160. The van der Waals surface area contributed by atoms with Gasteiger partial charge < -0.3 is 10.1 Å². The van der Waals surface area contributed by atoms with Crippen LogP contribution in [0.2, 0.25) is 10.0 Å². The number of halogens is 2. The quantitative estimate of drug-likeness (QED) is 0.420. The lowest BCUT2D eigenvalue weighted by Gasteiger charge is -2.03. The van der Waals surface area contributed by atoms with E-state index in [0.29, 0.717) is 16.6 Å². The normalized spacial score (nSPS) is 10.8. The van der Waals surface area contributed by atoms with Crippen molar-refractivity contribution in [3.8, 4) is 0 Å². The van der Waals surface area contributed by atoms with Crippen molar-refractivity contribution in [1.29, 1.82) is 0 Å². The van der Waals surface area contributed by atoms with E-state index in [4.69, 9.17) is 23.2 Å². The summed E-state index contributed by atoms with van der Waals surface area (Å²) in [7, 11) is 0. The summed E-state index contributed by atoms with van der Waals surface area (Å²) in [6.07, 6.45) is 1.38. The van der Waals surface area contributed by atoms with Crippen LogP contribution in [0.25, 0.3) is 0 Å². The molecule has 1 N–H and O–H groups in total. The number of hydrogen-bond acceptors (Lipinski definition) is 8. The van der Waals surface area contributed by atoms with Gasteiger partial charge in [0.25, 0.3) is 5.91 Å². The van der Waals surface area contributed by atoms with E-state index in [-0.39, 0.29) is 11.6 Å². The van der Waals surface area contributed by atoms with E-state index < -0.39 is 33.8 Å². The van der Waals surface area contributed by atoms with Gasteiger partial charge in [0, 0.05) is 0 Å². The van der Waals surface area contributed by atoms with Gasteiger partial charge in [0.15, 0.2) is 0 Å². The first-order valence-corrected chi connectivity index (χ1v) is 8.90. The second-order valence-corrected chi connectivity index (χ2v) is 6.81. The first-order valence-electron chi connectivity index (χ1n) is 8.15. The highest BCUT2D eigenvalue weighted by atomic mass is 35.5. The summed E-state index contributed by atoms with van der Waals surface area (Å²) in [6, 6.07) is 5.07. The van der Waals surface area contributed by atoms with Gasteiger partial charge in [-0.05, 0) is 29.5 Å². The smallest absolute Gasteiger partial charge is 0.358 e. The number of rotatable bonds is 7. The summed E-state index contributed by atoms with van der Waals surface area (Å²) < 4.78 is 2.32. The fraction of sp³-hybridized carbons (Fsp3) is 0.200. The molecule has 30 heavy (non-hydrogen) atoms. The van der Waals surface area contributed by atoms with Crippen LogP contribution in [0.1, 0.15) is 11.3 Å². The standard InChI is InChI=1S/C15H12Cl2N8O5/c1-8-13(24(27)28)14(25(29)30)20-23(8)6-12(26)19-15-18-7-22(21-15)5-9-2-3-10(16)11(17)4-9/h2-4,7H,5-6H2,1H3,(H,19,21,26). The molecule has 0 fully saturated rings. The topological polar surface area (TPSA) is 164 Å². The second kappa shape index (κ2) is 8.42. The molecule has 2 heterocycles. The molecule has 3 rings (SSSR count). The third kappa shape index (κ3) is 4.52. The first kappa shape index (κ1) is 21.1. The number of nitrogens with one attached hydrogen (secondary N) is 1. The number of carbonyl (C=O) groups excluding carboxylic acids is 1. The van der Waals surface area contributed by atoms with Gasteiger partial charge in [-0.2, -0.15) is 4.68 Å². The molecule has 13 nitrogen and oxygen atoms in total. The Morgan fingerprint density at radius 1 is 1.17 bits per heavy atom. The maximum absolute atomic E-state index is 12.2. The van der Waals surface area contributed by atoms with Crippen LogP contribution in [-0.2, 0) is 17.9 Å². The Labute approximate surface area is 177 Å². The van der Waals surface area contributed by atoms with Crippen molar-refractivity contribution in [1.82, 2.24) is 24.5 Å². The molecule has 0 saturated heterocycles. The van der Waals surface area contributed by atoms with Gasteiger partial charge in [-0.1, -0.05) is 29.3 Å². The van der Waals surface area contributed by atoms with Crippen LogP contribution in [0.15, 0.2) is 24.5 Å². The van der Waals surface area contributed by atoms with Crippen molar-refractivity contribution in [2.45, 2.75) is 20.0 Å². The molecule has 3 aromatic rings. The number of amides is 1. The van der Waals surface area contributed by atoms with Crippen molar-refractivity contribution in [3.63, 3.8) is 0 Å². The van der Waals surface area contributed by atoms with E-state index in [1.54, 1.807) is 18.2 Å². The number of aromatic nitrogens is 5. The van der Waals surface area contributed by atoms with Crippen LogP contribution in [0, 0.1) is 27.2 Å². The highest BCUT2D eigenvalue weighted by Crippen LogP contribution is 2.29. The van der Waals surface area contributed by atoms with Gasteiger partial charge >= 0.3 is 11.5 Å². The van der Waals surface area contributed by atoms with E-state index in [0.717, 1.165) is 10.2 Å². The highest BCUT2D eigenvalue weighted by Gasteiger charge is 2.35. The molecule has 0 spiro atoms. The van der Waals surface area contributed by atoms with Gasteiger partial charge in [-0.15, -0.1) is 5.10 Å². The van der Waals surface area contributed by atoms with Crippen molar-refractivity contribution >= 4 is 46.6 Å². The minimum atomic E-state index is -0.980. The van der Waals surface area contributed by atoms with Crippen LogP contribution in [0.5, 0.6) is 0 Å². The molecule has 0 aliphatic rings. The summed E-state index contributed by atoms with van der Waals surface area (Å²) in [5.41, 5.74) is -0.0873. The van der Waals surface area contributed by atoms with Gasteiger partial charge in [0.1, 0.15) is 18.6 Å². The summed E-state index contributed by atoms with van der Waals surface area (Å²) >= 11 is 11.8. The Morgan fingerprint density at radius 3 is 2.50 bits per heavy atom. The molecule has 156 valence electrons. The number of benzene rings is 1. The van der Waals surface area contributed by atoms with E-state index >= 15 is 0 Å². The lowest BCUT2D eigenvalue weighted by atomic mass is 10.2. The third-order valence-corrected chi connectivity index (χ3v) is 4.66. The molecule has 15 heteroatoms. The minimum Gasteiger partial charge on any atom is -0.358 e. The average molecular weight is 455 g/mol. The second-order valence-electron chi connectivity index (χ2n) is 5.99. The van der Waals surface area contributed by atoms with Gasteiger partial charge in [0.05, 0.1) is 26.6 Å². The maximum atomic E-state index is 12.2. The lowest BCUT2D eigenvalue weighted by Crippen LogP contribution is -2.21. The molecular formula is C15H12Cl2N8O5. The van der Waals surface area contributed by atoms with Crippen LogP contribution in [-0.4, -0.2) is 40.3 Å². The summed E-state index contributed by atoms with van der Waals surface area (Å²) in [4.78, 5) is 36.3. The third-order valence-electron chi connectivity index (χ3n) is 3.92. The minimum absolute atomic E-state index is 0.0196. The number of carbonyl (C=O) groups is 1. The molecule has 1 aromatic carbocycles. The van der Waals surface area contributed by atoms with Gasteiger partial charge in [0.2, 0.25) is 5.95 Å². The summed E-state index contributed by atoms with van der Waals surface area (Å²) in [5.74, 6) is -1.62. The fourth-order valence-corrected chi connectivity index (χ4v) is 2.89. The summed E-state index contributed by atoms with van der Waals surface area (Å²) in [6.45, 7) is 1.08. The zero-order valence-electron chi connectivity index (χ0n) is 15.2. The van der Waals surface area contributed by atoms with E-state index in [1.807, 2.05) is 0 Å². The molecule has 0 unspecified atom stereocenters. The van der Waals surface area contributed by atoms with Crippen LogP contribution >= 0.6 is 23.2 Å². The van der Waals surface area contributed by atoms with Crippen LogP contribution < -0.4 is 5.32 Å². The van der Waals surface area contributed by atoms with E-state index in [2.05, 4.69) is 20.5 Å². The first-order chi connectivity index (χ1) is 14.2. The molecule has 0 bridgehead atoms. The molecule has 0 atom stereocenters. The molecule has 2 aromatic heterocycles. The zero-order chi connectivity index (χ0) is 22.0. The van der Waals surface area contributed by atoms with Crippen molar-refractivity contribution in [3.05, 3.63) is 66.1 Å². The predicted octanol–water partition coefficient (Wildman–Crippen LogP) is 2.59. The van der Waals surface area contributed by atoms with Crippen LogP contribution in [0.3, 0.4) is 0 Å². The molecule has 0 aliphatic carbocycles. The van der Waals surface area contributed by atoms with Crippen molar-refractivity contribution in [2.24, 2.45) is 0 Å². The number of nitrogens with zero attached hydrogens (tertiary/aromatic N) is 7. The number of nitro groups is 2. The zero-order valence-corrected chi connectivity index (χ0v) is 16.7. The number of anilines is 1. The van der Waals surface area contributed by atoms with Crippen molar-refractivity contribution < 1.29 is 14.6 Å². The molecule has 1 amide bonds. The Kier molecular flexibility index (Phi) is 5.94. The van der Waals surface area contributed by atoms with E-state index in [1.165, 1.54) is 17.9 Å². The van der Waals surface area contributed by atoms with E-state index in [9.17, 15) is 25.0 Å². The Balaban J connectivity index is 1.69. The molecule has 0 aliphatic heterocycles. The Hall–Kier alpha value is -3.58.